The summed E-state index contributed by atoms with van der Waals surface area (Å²) in [7, 11) is 0. The Hall–Kier alpha value is -4.05. The second-order valence-electron chi connectivity index (χ2n) is 9.53. The zero-order valence-electron chi connectivity index (χ0n) is 22.6. The van der Waals surface area contributed by atoms with Crippen molar-refractivity contribution in [1.29, 1.82) is 0 Å². The molecule has 0 unspecified atom stereocenters. The average molecular weight is 548 g/mol. The van der Waals surface area contributed by atoms with Crippen molar-refractivity contribution in [2.45, 2.75) is 57.0 Å². The first-order valence-electron chi connectivity index (χ1n) is 13.0. The number of esters is 2. The number of amides is 1. The molecule has 5 atom stereocenters. The van der Waals surface area contributed by atoms with Gasteiger partial charge in [0.15, 0.2) is 18.5 Å². The van der Waals surface area contributed by atoms with Gasteiger partial charge in [-0.2, -0.15) is 0 Å². The van der Waals surface area contributed by atoms with Gasteiger partial charge in [0.25, 0.3) is 0 Å². The molecule has 3 aromatic rings. The van der Waals surface area contributed by atoms with Gasteiger partial charge in [-0.1, -0.05) is 91.0 Å². The van der Waals surface area contributed by atoms with Gasteiger partial charge in [0.2, 0.25) is 5.91 Å². The fraction of sp³-hybridized carbons (Fsp3) is 0.323. The van der Waals surface area contributed by atoms with Crippen molar-refractivity contribution < 1.29 is 38.4 Å². The number of aliphatic hydroxyl groups is 1. The molecule has 210 valence electrons. The Balaban J connectivity index is 1.79. The quantitative estimate of drug-likeness (QED) is 0.310. The molecule has 9 heteroatoms. The molecule has 0 bridgehead atoms. The molecule has 0 radical (unpaired) electrons. The van der Waals surface area contributed by atoms with Crippen molar-refractivity contribution >= 4 is 17.8 Å². The zero-order valence-corrected chi connectivity index (χ0v) is 22.6. The number of rotatable bonds is 9. The Morgan fingerprint density at radius 2 is 1.18 bits per heavy atom. The summed E-state index contributed by atoms with van der Waals surface area (Å²) in [5.41, 5.74) is 1.38. The summed E-state index contributed by atoms with van der Waals surface area (Å²) in [6.07, 6.45) is -5.07. The summed E-state index contributed by atoms with van der Waals surface area (Å²) < 4.78 is 23.7. The minimum absolute atomic E-state index is 0.182. The summed E-state index contributed by atoms with van der Waals surface area (Å²) in [4.78, 5) is 36.1. The molecule has 0 aromatic heterocycles. The minimum Gasteiger partial charge on any atom is -0.456 e. The third-order valence-electron chi connectivity index (χ3n) is 6.64. The predicted molar refractivity (Wildman–Crippen MR) is 145 cm³/mol. The van der Waals surface area contributed by atoms with Crippen molar-refractivity contribution in [1.82, 2.24) is 5.32 Å². The summed E-state index contributed by atoms with van der Waals surface area (Å²) in [5.74, 6) is -1.83. The van der Waals surface area contributed by atoms with Gasteiger partial charge < -0.3 is 29.4 Å². The Kier molecular flexibility index (Phi) is 9.31. The van der Waals surface area contributed by atoms with Gasteiger partial charge in [-0.15, -0.1) is 0 Å². The highest BCUT2D eigenvalue weighted by atomic mass is 16.7. The Morgan fingerprint density at radius 3 is 1.57 bits per heavy atom. The first kappa shape index (κ1) is 28.9. The third-order valence-corrected chi connectivity index (χ3v) is 6.64. The highest BCUT2D eigenvalue weighted by Crippen LogP contribution is 2.41. The molecule has 40 heavy (non-hydrogen) atoms. The van der Waals surface area contributed by atoms with Gasteiger partial charge in [0.05, 0.1) is 6.61 Å². The molecule has 1 heterocycles. The van der Waals surface area contributed by atoms with Gasteiger partial charge in [-0.3, -0.25) is 14.4 Å². The standard InChI is InChI=1S/C31H33NO8/c1-20(33)32-27-29(39-22(3)35)28(38-21(2)34)26(40-30(27)36)19-37-31(23-13-7-4-8-14-23,24-15-9-5-10-16-24)25-17-11-6-12-18-25/h4-18,26-30,36H,19H2,1-3H3,(H,32,33)/t26-,27-,28+,29-,30-/m0/s1. The number of benzene rings is 3. The second-order valence-corrected chi connectivity index (χ2v) is 9.53. The van der Waals surface area contributed by atoms with Gasteiger partial charge >= 0.3 is 11.9 Å². The van der Waals surface area contributed by atoms with Crippen LogP contribution in [0.5, 0.6) is 0 Å². The molecule has 0 spiro atoms. The van der Waals surface area contributed by atoms with Crippen LogP contribution in [0.1, 0.15) is 37.5 Å². The van der Waals surface area contributed by atoms with E-state index in [4.69, 9.17) is 18.9 Å². The van der Waals surface area contributed by atoms with E-state index in [0.29, 0.717) is 0 Å². The summed E-state index contributed by atoms with van der Waals surface area (Å²) in [6, 6.07) is 27.8. The lowest BCUT2D eigenvalue weighted by Gasteiger charge is -2.45. The van der Waals surface area contributed by atoms with E-state index in [1.54, 1.807) is 0 Å². The van der Waals surface area contributed by atoms with Crippen molar-refractivity contribution in [3.63, 3.8) is 0 Å². The molecule has 2 N–H and O–H groups in total. The van der Waals surface area contributed by atoms with Crippen LogP contribution >= 0.6 is 0 Å². The normalized spacial score (nSPS) is 22.6. The number of hydrogen-bond acceptors (Lipinski definition) is 8. The molecular formula is C31H33NO8. The molecule has 0 saturated carbocycles. The molecule has 1 amide bonds. The van der Waals surface area contributed by atoms with Crippen molar-refractivity contribution in [2.75, 3.05) is 6.61 Å². The van der Waals surface area contributed by atoms with Crippen LogP contribution in [0, 0.1) is 0 Å². The second kappa shape index (κ2) is 12.9. The van der Waals surface area contributed by atoms with E-state index in [0.717, 1.165) is 16.7 Å². The van der Waals surface area contributed by atoms with Crippen LogP contribution in [-0.4, -0.2) is 60.2 Å². The van der Waals surface area contributed by atoms with Crippen LogP contribution in [0.4, 0.5) is 0 Å². The molecular weight excluding hydrogens is 514 g/mol. The molecule has 0 aliphatic carbocycles. The molecule has 1 aliphatic rings. The van der Waals surface area contributed by atoms with Crippen LogP contribution < -0.4 is 5.32 Å². The van der Waals surface area contributed by atoms with E-state index in [1.807, 2.05) is 91.0 Å². The Labute approximate surface area is 233 Å². The van der Waals surface area contributed by atoms with Crippen LogP contribution in [0.25, 0.3) is 0 Å². The van der Waals surface area contributed by atoms with Crippen molar-refractivity contribution in [2.24, 2.45) is 0 Å². The number of ether oxygens (including phenoxy) is 4. The lowest BCUT2D eigenvalue weighted by atomic mass is 9.80. The van der Waals surface area contributed by atoms with Crippen LogP contribution in [0.2, 0.25) is 0 Å². The number of hydrogen-bond donors (Lipinski definition) is 2. The average Bonchev–Trinajstić information content (AvgIpc) is 2.94. The van der Waals surface area contributed by atoms with E-state index >= 15 is 0 Å². The third kappa shape index (κ3) is 6.39. The first-order chi connectivity index (χ1) is 19.2. The highest BCUT2D eigenvalue weighted by molar-refractivity contribution is 5.73. The zero-order chi connectivity index (χ0) is 28.7. The maximum atomic E-state index is 12.2. The van der Waals surface area contributed by atoms with Gasteiger partial charge in [-0.05, 0) is 16.7 Å². The van der Waals surface area contributed by atoms with Crippen LogP contribution in [0.3, 0.4) is 0 Å². The topological polar surface area (TPSA) is 120 Å². The first-order valence-corrected chi connectivity index (χ1v) is 13.0. The maximum absolute atomic E-state index is 12.2. The van der Waals surface area contributed by atoms with Crippen molar-refractivity contribution in [3.05, 3.63) is 108 Å². The fourth-order valence-corrected chi connectivity index (χ4v) is 5.08. The molecule has 1 saturated heterocycles. The number of nitrogens with one attached hydrogen (secondary N) is 1. The number of carbonyl (C=O) groups excluding carboxylic acids is 3. The fourth-order valence-electron chi connectivity index (χ4n) is 5.08. The number of carbonyl (C=O) groups is 3. The maximum Gasteiger partial charge on any atom is 0.303 e. The van der Waals surface area contributed by atoms with Gasteiger partial charge in [0, 0.05) is 20.8 Å². The van der Waals surface area contributed by atoms with E-state index in [9.17, 15) is 19.5 Å². The van der Waals surface area contributed by atoms with Crippen LogP contribution in [0.15, 0.2) is 91.0 Å². The Bertz CT molecular complexity index is 1190. The highest BCUT2D eigenvalue weighted by Gasteiger charge is 2.51. The van der Waals surface area contributed by atoms with Gasteiger partial charge in [-0.25, -0.2) is 0 Å². The lowest BCUT2D eigenvalue weighted by molar-refractivity contribution is -0.269. The summed E-state index contributed by atoms with van der Waals surface area (Å²) in [5, 5.41) is 13.4. The van der Waals surface area contributed by atoms with Crippen LogP contribution in [-0.2, 0) is 38.9 Å². The number of aliphatic hydroxyl groups excluding tert-OH is 1. The summed E-state index contributed by atoms with van der Waals surface area (Å²) in [6.45, 7) is 3.47. The van der Waals surface area contributed by atoms with E-state index in [1.165, 1.54) is 20.8 Å². The molecule has 1 fully saturated rings. The van der Waals surface area contributed by atoms with E-state index in [2.05, 4.69) is 5.32 Å². The van der Waals surface area contributed by atoms with Gasteiger partial charge in [0.1, 0.15) is 17.7 Å². The summed E-state index contributed by atoms with van der Waals surface area (Å²) >= 11 is 0. The smallest absolute Gasteiger partial charge is 0.303 e. The molecule has 3 aromatic carbocycles. The molecule has 9 nitrogen and oxygen atoms in total. The molecule has 4 rings (SSSR count). The van der Waals surface area contributed by atoms with E-state index in [-0.39, 0.29) is 6.61 Å². The Morgan fingerprint density at radius 1 is 0.750 bits per heavy atom. The minimum atomic E-state index is -1.58. The largest absolute Gasteiger partial charge is 0.456 e. The monoisotopic (exact) mass is 547 g/mol. The molecule has 1 aliphatic heterocycles. The lowest BCUT2D eigenvalue weighted by Crippen LogP contribution is -2.66. The SMILES string of the molecule is CC(=O)N[C@H]1[C@H](OC(C)=O)[C@H](OC(C)=O)[C@H](COC(c2ccccc2)(c2ccccc2)c2ccccc2)O[C@@H]1O. The van der Waals surface area contributed by atoms with Crippen molar-refractivity contribution in [3.8, 4) is 0 Å². The predicted octanol–water partition coefficient (Wildman–Crippen LogP) is 3.08. The van der Waals surface area contributed by atoms with E-state index < -0.39 is 54.1 Å².